The Kier molecular flexibility index (Phi) is 5.69. The fraction of sp³-hybridized carbons (Fsp3) is 0.625. The number of phenols is 1. The van der Waals surface area contributed by atoms with Crippen molar-refractivity contribution in [1.29, 1.82) is 0 Å². The molecule has 1 fully saturated rings. The molecule has 0 bridgehead atoms. The van der Waals surface area contributed by atoms with Gasteiger partial charge in [-0.1, -0.05) is 32.4 Å². The minimum atomic E-state index is 0. The molecule has 0 aromatic heterocycles. The van der Waals surface area contributed by atoms with E-state index in [1.807, 2.05) is 12.1 Å². The summed E-state index contributed by atoms with van der Waals surface area (Å²) in [6, 6.07) is 7.91. The van der Waals surface area contributed by atoms with Gasteiger partial charge in [0.1, 0.15) is 5.75 Å². The molecule has 0 unspecified atom stereocenters. The highest BCUT2D eigenvalue weighted by molar-refractivity contribution is 5.85. The number of rotatable bonds is 3. The van der Waals surface area contributed by atoms with Gasteiger partial charge in [-0.15, -0.1) is 12.4 Å². The van der Waals surface area contributed by atoms with Gasteiger partial charge in [0.05, 0.1) is 0 Å². The van der Waals surface area contributed by atoms with Crippen LogP contribution in [0.3, 0.4) is 0 Å². The monoisotopic (exact) mass is 283 g/mol. The van der Waals surface area contributed by atoms with E-state index < -0.39 is 0 Å². The summed E-state index contributed by atoms with van der Waals surface area (Å²) >= 11 is 0. The maximum Gasteiger partial charge on any atom is 0.115 e. The van der Waals surface area contributed by atoms with E-state index in [2.05, 4.69) is 31.9 Å². The molecule has 108 valence electrons. The van der Waals surface area contributed by atoms with E-state index in [1.165, 1.54) is 24.8 Å². The number of hydrogen-bond acceptors (Lipinski definition) is 2. The summed E-state index contributed by atoms with van der Waals surface area (Å²) in [7, 11) is 2.20. The molecule has 0 saturated carbocycles. The van der Waals surface area contributed by atoms with E-state index in [9.17, 15) is 5.11 Å². The number of nitrogens with zero attached hydrogens (tertiary/aromatic N) is 1. The van der Waals surface area contributed by atoms with Crippen LogP contribution in [-0.2, 0) is 5.41 Å². The lowest BCUT2D eigenvalue weighted by atomic mass is 9.64. The first-order valence-corrected chi connectivity index (χ1v) is 7.06. The average molecular weight is 284 g/mol. The molecule has 3 heteroatoms. The minimum absolute atomic E-state index is 0. The highest BCUT2D eigenvalue weighted by Crippen LogP contribution is 2.43. The lowest BCUT2D eigenvalue weighted by molar-refractivity contribution is 0.112. The molecule has 1 aliphatic rings. The molecule has 1 heterocycles. The minimum Gasteiger partial charge on any atom is -0.508 e. The van der Waals surface area contributed by atoms with Gasteiger partial charge in [-0.25, -0.2) is 0 Å². The third-order valence-corrected chi connectivity index (χ3v) is 4.59. The Morgan fingerprint density at radius 2 is 2.16 bits per heavy atom. The second-order valence-electron chi connectivity index (χ2n) is 5.87. The Labute approximate surface area is 123 Å². The first-order valence-electron chi connectivity index (χ1n) is 7.06. The van der Waals surface area contributed by atoms with Crippen LogP contribution in [0, 0.1) is 5.92 Å². The van der Waals surface area contributed by atoms with Crippen molar-refractivity contribution in [3.8, 4) is 5.75 Å². The van der Waals surface area contributed by atoms with E-state index in [-0.39, 0.29) is 17.8 Å². The molecular formula is C16H26ClNO. The first-order chi connectivity index (χ1) is 8.58. The number of likely N-dealkylation sites (tertiary alicyclic amines) is 1. The van der Waals surface area contributed by atoms with Crippen LogP contribution in [0.4, 0.5) is 0 Å². The smallest absolute Gasteiger partial charge is 0.115 e. The quantitative estimate of drug-likeness (QED) is 0.911. The zero-order valence-corrected chi connectivity index (χ0v) is 13.0. The number of benzene rings is 1. The van der Waals surface area contributed by atoms with Crippen LogP contribution in [0.2, 0.25) is 0 Å². The summed E-state index contributed by atoms with van der Waals surface area (Å²) in [4.78, 5) is 2.42. The van der Waals surface area contributed by atoms with Crippen molar-refractivity contribution in [2.45, 2.75) is 38.5 Å². The maximum atomic E-state index is 9.75. The van der Waals surface area contributed by atoms with Crippen LogP contribution in [0.15, 0.2) is 24.3 Å². The predicted octanol–water partition coefficient (Wildman–Crippen LogP) is 3.82. The number of piperidine rings is 1. The fourth-order valence-corrected chi connectivity index (χ4v) is 3.58. The highest BCUT2D eigenvalue weighted by atomic mass is 35.5. The topological polar surface area (TPSA) is 23.5 Å². The van der Waals surface area contributed by atoms with Crippen molar-refractivity contribution in [3.63, 3.8) is 0 Å². The van der Waals surface area contributed by atoms with Gasteiger partial charge in [0, 0.05) is 12.0 Å². The Bertz CT molecular complexity index is 409. The molecule has 1 saturated heterocycles. The maximum absolute atomic E-state index is 9.75. The molecule has 2 rings (SSSR count). The van der Waals surface area contributed by atoms with E-state index in [0.717, 1.165) is 13.1 Å². The van der Waals surface area contributed by atoms with Crippen molar-refractivity contribution < 1.29 is 5.11 Å². The molecule has 0 aliphatic carbocycles. The van der Waals surface area contributed by atoms with Crippen molar-refractivity contribution in [3.05, 3.63) is 29.8 Å². The van der Waals surface area contributed by atoms with Crippen molar-refractivity contribution in [2.75, 3.05) is 20.1 Å². The largest absolute Gasteiger partial charge is 0.508 e. The zero-order valence-electron chi connectivity index (χ0n) is 12.2. The van der Waals surface area contributed by atoms with E-state index in [4.69, 9.17) is 0 Å². The molecule has 0 spiro atoms. The second kappa shape index (κ2) is 6.62. The van der Waals surface area contributed by atoms with Gasteiger partial charge in [-0.05, 0) is 50.0 Å². The lowest BCUT2D eigenvalue weighted by Gasteiger charge is -2.46. The van der Waals surface area contributed by atoms with Gasteiger partial charge in [-0.3, -0.25) is 0 Å². The number of halogens is 1. The second-order valence-corrected chi connectivity index (χ2v) is 5.87. The number of phenolic OH excluding ortho intramolecular Hbond substituents is 1. The zero-order chi connectivity index (χ0) is 13.2. The molecule has 19 heavy (non-hydrogen) atoms. The Morgan fingerprint density at radius 3 is 2.74 bits per heavy atom. The van der Waals surface area contributed by atoms with Gasteiger partial charge >= 0.3 is 0 Å². The Hall–Kier alpha value is -0.730. The Balaban J connectivity index is 0.00000180. The molecule has 1 aromatic rings. The van der Waals surface area contributed by atoms with Gasteiger partial charge in [0.25, 0.3) is 0 Å². The SMILES string of the molecule is CCC[C@@]1(c2cccc(O)c2)CCN(C)C[C@H]1C.Cl. The summed E-state index contributed by atoms with van der Waals surface area (Å²) < 4.78 is 0. The normalized spacial score (nSPS) is 27.8. The molecule has 1 aromatic carbocycles. The molecule has 0 amide bonds. The molecular weight excluding hydrogens is 258 g/mol. The first kappa shape index (κ1) is 16.3. The number of aromatic hydroxyl groups is 1. The summed E-state index contributed by atoms with van der Waals surface area (Å²) in [6.45, 7) is 6.92. The third kappa shape index (κ3) is 3.24. The number of hydrogen-bond donors (Lipinski definition) is 1. The summed E-state index contributed by atoms with van der Waals surface area (Å²) in [5, 5.41) is 9.75. The van der Waals surface area contributed by atoms with Crippen LogP contribution in [0.1, 0.15) is 38.7 Å². The van der Waals surface area contributed by atoms with E-state index in [0.29, 0.717) is 11.7 Å². The lowest BCUT2D eigenvalue weighted by Crippen LogP contribution is -2.47. The summed E-state index contributed by atoms with van der Waals surface area (Å²) in [5.74, 6) is 1.03. The van der Waals surface area contributed by atoms with E-state index in [1.54, 1.807) is 6.07 Å². The average Bonchev–Trinajstić information content (AvgIpc) is 2.33. The van der Waals surface area contributed by atoms with Crippen LogP contribution < -0.4 is 0 Å². The standard InChI is InChI=1S/C16H25NO.ClH/c1-4-8-16(9-10-17(3)12-13(16)2)14-6-5-7-15(18)11-14;/h5-7,11,13,18H,4,8-10,12H2,1-3H3;1H/t13-,16-;/m1./s1. The fourth-order valence-electron chi connectivity index (χ4n) is 3.58. The van der Waals surface area contributed by atoms with Gasteiger partial charge < -0.3 is 10.0 Å². The Morgan fingerprint density at radius 1 is 1.42 bits per heavy atom. The predicted molar refractivity (Wildman–Crippen MR) is 83.2 cm³/mol. The van der Waals surface area contributed by atoms with Crippen LogP contribution in [0.5, 0.6) is 5.75 Å². The van der Waals surface area contributed by atoms with Gasteiger partial charge in [0.15, 0.2) is 0 Å². The van der Waals surface area contributed by atoms with Crippen LogP contribution in [0.25, 0.3) is 0 Å². The third-order valence-electron chi connectivity index (χ3n) is 4.59. The molecule has 0 radical (unpaired) electrons. The van der Waals surface area contributed by atoms with Crippen LogP contribution in [-0.4, -0.2) is 30.1 Å². The van der Waals surface area contributed by atoms with Crippen molar-refractivity contribution in [2.24, 2.45) is 5.92 Å². The van der Waals surface area contributed by atoms with E-state index >= 15 is 0 Å². The molecule has 1 N–H and O–H groups in total. The van der Waals surface area contributed by atoms with Crippen LogP contribution >= 0.6 is 12.4 Å². The summed E-state index contributed by atoms with van der Waals surface area (Å²) in [5.41, 5.74) is 1.57. The molecule has 2 atom stereocenters. The highest BCUT2D eigenvalue weighted by Gasteiger charge is 2.40. The molecule has 1 aliphatic heterocycles. The summed E-state index contributed by atoms with van der Waals surface area (Å²) in [6.07, 6.45) is 3.61. The van der Waals surface area contributed by atoms with Gasteiger partial charge in [-0.2, -0.15) is 0 Å². The molecule has 2 nitrogen and oxygen atoms in total. The van der Waals surface area contributed by atoms with Crippen molar-refractivity contribution >= 4 is 12.4 Å². The van der Waals surface area contributed by atoms with Crippen molar-refractivity contribution in [1.82, 2.24) is 4.90 Å². The van der Waals surface area contributed by atoms with Gasteiger partial charge in [0.2, 0.25) is 0 Å².